The number of ketones is 1. The van der Waals surface area contributed by atoms with E-state index in [1.807, 2.05) is 24.3 Å². The van der Waals surface area contributed by atoms with Crippen LogP contribution in [0.5, 0.6) is 11.5 Å². The molecule has 0 unspecified atom stereocenters. The van der Waals surface area contributed by atoms with Gasteiger partial charge < -0.3 is 19.9 Å². The molecule has 1 aliphatic carbocycles. The summed E-state index contributed by atoms with van der Waals surface area (Å²) in [6.45, 7) is 1.22. The largest absolute Gasteiger partial charge is 0.497 e. The second-order valence-corrected chi connectivity index (χ2v) is 7.30. The van der Waals surface area contributed by atoms with Crippen LogP contribution < -0.4 is 14.8 Å². The number of hydrogen-bond donors (Lipinski definition) is 2. The van der Waals surface area contributed by atoms with Gasteiger partial charge in [-0.1, -0.05) is 12.1 Å². The third-order valence-corrected chi connectivity index (χ3v) is 5.12. The molecule has 2 aromatic carbocycles. The van der Waals surface area contributed by atoms with Gasteiger partial charge in [0.2, 0.25) is 0 Å². The monoisotopic (exact) mass is 397 g/mol. The Labute approximate surface area is 170 Å². The summed E-state index contributed by atoms with van der Waals surface area (Å²) in [6, 6.07) is 11.2. The molecule has 3 rings (SSSR count). The lowest BCUT2D eigenvalue weighted by Crippen LogP contribution is -2.19. The van der Waals surface area contributed by atoms with Crippen LogP contribution >= 0.6 is 0 Å². The zero-order chi connectivity index (χ0) is 20.8. The van der Waals surface area contributed by atoms with Gasteiger partial charge in [0.1, 0.15) is 17.3 Å². The SMILES string of the molecule is COc1ccc(CNCCC(=O)C2CC2)c(-c2cc(CC(=O)O)ccc2OC)c1. The number of carbonyl (C=O) groups excluding carboxylic acids is 1. The number of ether oxygens (including phenoxy) is 2. The highest BCUT2D eigenvalue weighted by atomic mass is 16.5. The van der Waals surface area contributed by atoms with Crippen LogP contribution in [0, 0.1) is 5.92 Å². The fraction of sp³-hybridized carbons (Fsp3) is 0.391. The maximum atomic E-state index is 11.9. The van der Waals surface area contributed by atoms with E-state index in [4.69, 9.17) is 14.6 Å². The van der Waals surface area contributed by atoms with E-state index in [0.717, 1.165) is 29.5 Å². The Balaban J connectivity index is 1.84. The number of aliphatic carboxylic acids is 1. The van der Waals surface area contributed by atoms with Crippen molar-refractivity contribution in [3.8, 4) is 22.6 Å². The summed E-state index contributed by atoms with van der Waals surface area (Å²) in [7, 11) is 3.20. The molecule has 1 aliphatic rings. The van der Waals surface area contributed by atoms with Crippen molar-refractivity contribution < 1.29 is 24.2 Å². The maximum absolute atomic E-state index is 11.9. The minimum Gasteiger partial charge on any atom is -0.497 e. The van der Waals surface area contributed by atoms with Gasteiger partial charge in [-0.25, -0.2) is 0 Å². The van der Waals surface area contributed by atoms with Crippen LogP contribution in [0.15, 0.2) is 36.4 Å². The van der Waals surface area contributed by atoms with Crippen molar-refractivity contribution in [3.05, 3.63) is 47.5 Å². The zero-order valence-corrected chi connectivity index (χ0v) is 16.9. The van der Waals surface area contributed by atoms with Crippen LogP contribution in [0.25, 0.3) is 11.1 Å². The molecular formula is C23H27NO5. The highest BCUT2D eigenvalue weighted by molar-refractivity contribution is 5.83. The Morgan fingerprint density at radius 2 is 1.86 bits per heavy atom. The van der Waals surface area contributed by atoms with E-state index in [-0.39, 0.29) is 12.3 Å². The van der Waals surface area contributed by atoms with Gasteiger partial charge in [0, 0.05) is 31.0 Å². The van der Waals surface area contributed by atoms with Crippen molar-refractivity contribution in [3.63, 3.8) is 0 Å². The van der Waals surface area contributed by atoms with E-state index >= 15 is 0 Å². The number of Topliss-reactive ketones (excluding diaryl/α,β-unsaturated/α-hetero) is 1. The average Bonchev–Trinajstić information content (AvgIpc) is 3.56. The predicted molar refractivity (Wildman–Crippen MR) is 110 cm³/mol. The number of hydrogen-bond acceptors (Lipinski definition) is 5. The lowest BCUT2D eigenvalue weighted by atomic mass is 9.95. The Morgan fingerprint density at radius 3 is 2.52 bits per heavy atom. The van der Waals surface area contributed by atoms with Crippen molar-refractivity contribution in [2.45, 2.75) is 32.2 Å². The molecule has 0 saturated heterocycles. The van der Waals surface area contributed by atoms with Gasteiger partial charge in [0.25, 0.3) is 0 Å². The first-order valence-electron chi connectivity index (χ1n) is 9.81. The first-order valence-corrected chi connectivity index (χ1v) is 9.81. The number of nitrogens with one attached hydrogen (secondary N) is 1. The normalized spacial score (nSPS) is 13.2. The summed E-state index contributed by atoms with van der Waals surface area (Å²) in [5.74, 6) is 1.12. The van der Waals surface area contributed by atoms with Gasteiger partial charge in [0.15, 0.2) is 0 Å². The molecule has 1 fully saturated rings. The second-order valence-electron chi connectivity index (χ2n) is 7.30. The summed E-state index contributed by atoms with van der Waals surface area (Å²) in [5, 5.41) is 12.5. The van der Waals surface area contributed by atoms with Crippen LogP contribution in [0.1, 0.15) is 30.4 Å². The second kappa shape index (κ2) is 9.56. The lowest BCUT2D eigenvalue weighted by Gasteiger charge is -2.16. The highest BCUT2D eigenvalue weighted by Crippen LogP contribution is 2.36. The molecule has 0 amide bonds. The molecule has 0 radical (unpaired) electrons. The third-order valence-electron chi connectivity index (χ3n) is 5.12. The molecule has 0 aliphatic heterocycles. The Hall–Kier alpha value is -2.86. The van der Waals surface area contributed by atoms with Crippen LogP contribution in [-0.2, 0) is 22.6 Å². The molecular weight excluding hydrogens is 370 g/mol. The highest BCUT2D eigenvalue weighted by Gasteiger charge is 2.28. The zero-order valence-electron chi connectivity index (χ0n) is 16.9. The van der Waals surface area contributed by atoms with Crippen molar-refractivity contribution in [2.75, 3.05) is 20.8 Å². The van der Waals surface area contributed by atoms with Crippen molar-refractivity contribution in [1.82, 2.24) is 5.32 Å². The topological polar surface area (TPSA) is 84.9 Å². The van der Waals surface area contributed by atoms with Crippen molar-refractivity contribution in [1.29, 1.82) is 0 Å². The maximum Gasteiger partial charge on any atom is 0.307 e. The molecule has 29 heavy (non-hydrogen) atoms. The number of carbonyl (C=O) groups is 2. The fourth-order valence-corrected chi connectivity index (χ4v) is 3.38. The molecule has 0 atom stereocenters. The van der Waals surface area contributed by atoms with E-state index in [0.29, 0.717) is 42.4 Å². The van der Waals surface area contributed by atoms with Gasteiger partial charge in [-0.15, -0.1) is 0 Å². The third kappa shape index (κ3) is 5.57. The number of carboxylic acid groups (broad SMARTS) is 1. The molecule has 6 heteroatoms. The van der Waals surface area contributed by atoms with Gasteiger partial charge in [-0.2, -0.15) is 0 Å². The molecule has 6 nitrogen and oxygen atoms in total. The molecule has 0 spiro atoms. The molecule has 1 saturated carbocycles. The van der Waals surface area contributed by atoms with Crippen LogP contribution in [-0.4, -0.2) is 37.6 Å². The van der Waals surface area contributed by atoms with Crippen molar-refractivity contribution >= 4 is 11.8 Å². The van der Waals surface area contributed by atoms with Gasteiger partial charge in [-0.3, -0.25) is 9.59 Å². The molecule has 2 aromatic rings. The predicted octanol–water partition coefficient (Wildman–Crippen LogP) is 3.46. The number of benzene rings is 2. The Kier molecular flexibility index (Phi) is 6.88. The minimum atomic E-state index is -0.881. The van der Waals surface area contributed by atoms with Gasteiger partial charge in [0.05, 0.1) is 20.6 Å². The first-order chi connectivity index (χ1) is 14.0. The smallest absolute Gasteiger partial charge is 0.307 e. The number of carboxylic acids is 1. The molecule has 0 bridgehead atoms. The summed E-state index contributed by atoms with van der Waals surface area (Å²) < 4.78 is 10.9. The van der Waals surface area contributed by atoms with Crippen LogP contribution in [0.3, 0.4) is 0 Å². The quantitative estimate of drug-likeness (QED) is 0.565. The summed E-state index contributed by atoms with van der Waals surface area (Å²) >= 11 is 0. The average molecular weight is 397 g/mol. The Morgan fingerprint density at radius 1 is 1.07 bits per heavy atom. The van der Waals surface area contributed by atoms with E-state index in [1.54, 1.807) is 26.4 Å². The fourth-order valence-electron chi connectivity index (χ4n) is 3.38. The number of methoxy groups -OCH3 is 2. The standard InChI is InChI=1S/C23H27NO5/c1-28-18-7-6-17(14-24-10-9-21(25)16-4-5-16)19(13-18)20-11-15(12-23(26)27)3-8-22(20)29-2/h3,6-8,11,13,16,24H,4-5,9-10,12,14H2,1-2H3,(H,26,27). The van der Waals surface area contributed by atoms with E-state index < -0.39 is 5.97 Å². The summed E-state index contributed by atoms with van der Waals surface area (Å²) in [6.07, 6.45) is 2.56. The minimum absolute atomic E-state index is 0.0577. The van der Waals surface area contributed by atoms with E-state index in [9.17, 15) is 9.59 Å². The van der Waals surface area contributed by atoms with E-state index in [2.05, 4.69) is 5.32 Å². The van der Waals surface area contributed by atoms with Gasteiger partial charge >= 0.3 is 5.97 Å². The van der Waals surface area contributed by atoms with Crippen LogP contribution in [0.4, 0.5) is 0 Å². The van der Waals surface area contributed by atoms with Crippen molar-refractivity contribution in [2.24, 2.45) is 5.92 Å². The van der Waals surface area contributed by atoms with E-state index in [1.165, 1.54) is 0 Å². The number of rotatable bonds is 11. The Bertz CT molecular complexity index is 889. The molecule has 154 valence electrons. The molecule has 0 aromatic heterocycles. The molecule has 2 N–H and O–H groups in total. The first kappa shape index (κ1) is 20.9. The lowest BCUT2D eigenvalue weighted by molar-refractivity contribution is -0.136. The summed E-state index contributed by atoms with van der Waals surface area (Å²) in [4.78, 5) is 23.0. The molecule has 0 heterocycles. The summed E-state index contributed by atoms with van der Waals surface area (Å²) in [5.41, 5.74) is 3.45. The van der Waals surface area contributed by atoms with Gasteiger partial charge in [-0.05, 0) is 53.8 Å². The van der Waals surface area contributed by atoms with Crippen LogP contribution in [0.2, 0.25) is 0 Å².